The zero-order chi connectivity index (χ0) is 15.4. The van der Waals surface area contributed by atoms with Gasteiger partial charge in [0.05, 0.1) is 12.0 Å². The van der Waals surface area contributed by atoms with Crippen LogP contribution in [0.2, 0.25) is 0 Å². The number of amides is 2. The topological polar surface area (TPSA) is 52.2 Å². The molecule has 3 rings (SSSR count). The van der Waals surface area contributed by atoms with E-state index in [2.05, 4.69) is 26.7 Å². The molecule has 5 nitrogen and oxygen atoms in total. The van der Waals surface area contributed by atoms with Gasteiger partial charge in [0.2, 0.25) is 0 Å². The van der Waals surface area contributed by atoms with Crippen molar-refractivity contribution in [3.8, 4) is 0 Å². The Bertz CT molecular complexity index is 459. The Morgan fingerprint density at radius 1 is 1.27 bits per heavy atom. The molecule has 2 fully saturated rings. The van der Waals surface area contributed by atoms with E-state index in [0.717, 1.165) is 38.2 Å². The summed E-state index contributed by atoms with van der Waals surface area (Å²) >= 11 is 0. The number of imidazole rings is 1. The number of hydrogen-bond donors (Lipinski definition) is 1. The first-order valence-corrected chi connectivity index (χ1v) is 8.83. The molecular formula is C17H28N4O. The van der Waals surface area contributed by atoms with Gasteiger partial charge in [0.25, 0.3) is 0 Å². The van der Waals surface area contributed by atoms with Crippen molar-refractivity contribution >= 4 is 6.03 Å². The van der Waals surface area contributed by atoms with Crippen LogP contribution in [0.25, 0.3) is 0 Å². The Hall–Kier alpha value is -1.52. The maximum absolute atomic E-state index is 12.9. The predicted octanol–water partition coefficient (Wildman–Crippen LogP) is 3.36. The molecule has 1 aromatic rings. The standard InChI is InChI=1S/C17H28N4O/c1-2-21(15-6-4-3-5-7-15)17(22)20-10-8-14(9-11-20)16-12-18-13-19-16/h12-15H,2-11H2,1H3,(H,18,19). The summed E-state index contributed by atoms with van der Waals surface area (Å²) in [4.78, 5) is 24.4. The van der Waals surface area contributed by atoms with Crippen LogP contribution in [0.3, 0.4) is 0 Å². The van der Waals surface area contributed by atoms with Gasteiger partial charge >= 0.3 is 6.03 Å². The first-order valence-electron chi connectivity index (χ1n) is 8.83. The molecule has 5 heteroatoms. The number of nitrogens with one attached hydrogen (secondary N) is 1. The highest BCUT2D eigenvalue weighted by Crippen LogP contribution is 2.28. The van der Waals surface area contributed by atoms with Crippen molar-refractivity contribution in [3.63, 3.8) is 0 Å². The van der Waals surface area contributed by atoms with E-state index in [1.807, 2.05) is 6.20 Å². The zero-order valence-electron chi connectivity index (χ0n) is 13.6. The number of nitrogens with zero attached hydrogens (tertiary/aromatic N) is 3. The van der Waals surface area contributed by atoms with Gasteiger partial charge in [-0.25, -0.2) is 9.78 Å². The van der Waals surface area contributed by atoms with Gasteiger partial charge in [-0.1, -0.05) is 19.3 Å². The van der Waals surface area contributed by atoms with Gasteiger partial charge in [0.15, 0.2) is 0 Å². The van der Waals surface area contributed by atoms with E-state index < -0.39 is 0 Å². The predicted molar refractivity (Wildman–Crippen MR) is 86.8 cm³/mol. The number of likely N-dealkylation sites (tertiary alicyclic amines) is 1. The molecule has 1 N–H and O–H groups in total. The van der Waals surface area contributed by atoms with E-state index in [0.29, 0.717) is 12.0 Å². The largest absolute Gasteiger partial charge is 0.351 e. The van der Waals surface area contributed by atoms with Crippen LogP contribution in [-0.2, 0) is 0 Å². The zero-order valence-corrected chi connectivity index (χ0v) is 13.6. The fourth-order valence-corrected chi connectivity index (χ4v) is 3.99. The first-order chi connectivity index (χ1) is 10.8. The lowest BCUT2D eigenvalue weighted by Crippen LogP contribution is -2.50. The van der Waals surface area contributed by atoms with E-state index in [9.17, 15) is 4.79 Å². The summed E-state index contributed by atoms with van der Waals surface area (Å²) < 4.78 is 0. The van der Waals surface area contributed by atoms with Gasteiger partial charge in [0.1, 0.15) is 0 Å². The average Bonchev–Trinajstić information content (AvgIpc) is 3.11. The minimum Gasteiger partial charge on any atom is -0.351 e. The third kappa shape index (κ3) is 3.28. The molecule has 0 unspecified atom stereocenters. The van der Waals surface area contributed by atoms with Crippen molar-refractivity contribution in [1.29, 1.82) is 0 Å². The van der Waals surface area contributed by atoms with Crippen LogP contribution < -0.4 is 0 Å². The second-order valence-corrected chi connectivity index (χ2v) is 6.62. The van der Waals surface area contributed by atoms with Crippen molar-refractivity contribution < 1.29 is 4.79 Å². The summed E-state index contributed by atoms with van der Waals surface area (Å²) in [5.41, 5.74) is 1.15. The third-order valence-electron chi connectivity index (χ3n) is 5.30. The average molecular weight is 304 g/mol. The Balaban J connectivity index is 1.56. The summed E-state index contributed by atoms with van der Waals surface area (Å²) in [6, 6.07) is 0.727. The quantitative estimate of drug-likeness (QED) is 0.931. The van der Waals surface area contributed by atoms with Crippen LogP contribution in [-0.4, -0.2) is 51.5 Å². The highest BCUT2D eigenvalue weighted by atomic mass is 16.2. The molecule has 2 amide bonds. The smallest absolute Gasteiger partial charge is 0.320 e. The van der Waals surface area contributed by atoms with Crippen molar-refractivity contribution in [2.24, 2.45) is 0 Å². The molecule has 2 aliphatic rings. The van der Waals surface area contributed by atoms with Crippen LogP contribution in [0, 0.1) is 0 Å². The van der Waals surface area contributed by atoms with E-state index in [-0.39, 0.29) is 6.03 Å². The Morgan fingerprint density at radius 3 is 2.59 bits per heavy atom. The van der Waals surface area contributed by atoms with Crippen molar-refractivity contribution in [3.05, 3.63) is 18.2 Å². The summed E-state index contributed by atoms with van der Waals surface area (Å²) in [5.74, 6) is 0.500. The van der Waals surface area contributed by atoms with Crippen LogP contribution in [0.1, 0.15) is 63.5 Å². The monoisotopic (exact) mass is 304 g/mol. The molecule has 0 radical (unpaired) electrons. The maximum Gasteiger partial charge on any atom is 0.320 e. The molecule has 1 saturated heterocycles. The molecular weight excluding hydrogens is 276 g/mol. The Kier molecular flexibility index (Phi) is 5.01. The number of carbonyl (C=O) groups excluding carboxylic acids is 1. The highest BCUT2D eigenvalue weighted by molar-refractivity contribution is 5.75. The van der Waals surface area contributed by atoms with E-state index in [1.165, 1.54) is 32.1 Å². The fourth-order valence-electron chi connectivity index (χ4n) is 3.99. The molecule has 1 aliphatic carbocycles. The van der Waals surface area contributed by atoms with Gasteiger partial charge in [-0.2, -0.15) is 0 Å². The Labute approximate surface area is 133 Å². The van der Waals surface area contributed by atoms with Gasteiger partial charge in [0, 0.05) is 37.8 Å². The van der Waals surface area contributed by atoms with E-state index in [4.69, 9.17) is 0 Å². The summed E-state index contributed by atoms with van der Waals surface area (Å²) in [6.45, 7) is 4.67. The Morgan fingerprint density at radius 2 is 2.00 bits per heavy atom. The third-order valence-corrected chi connectivity index (χ3v) is 5.30. The van der Waals surface area contributed by atoms with E-state index in [1.54, 1.807) is 6.33 Å². The first kappa shape index (κ1) is 15.4. The van der Waals surface area contributed by atoms with Crippen LogP contribution >= 0.6 is 0 Å². The molecule has 0 bridgehead atoms. The van der Waals surface area contributed by atoms with Crippen molar-refractivity contribution in [2.45, 2.75) is 63.8 Å². The number of rotatable bonds is 3. The molecule has 22 heavy (non-hydrogen) atoms. The van der Waals surface area contributed by atoms with Crippen LogP contribution in [0.4, 0.5) is 4.79 Å². The normalized spacial score (nSPS) is 21.0. The molecule has 1 aromatic heterocycles. The number of carbonyl (C=O) groups is 1. The summed E-state index contributed by atoms with van der Waals surface area (Å²) in [6.07, 6.45) is 12.0. The van der Waals surface area contributed by atoms with Gasteiger partial charge in [-0.3, -0.25) is 0 Å². The molecule has 0 atom stereocenters. The number of piperidine rings is 1. The number of urea groups is 1. The maximum atomic E-state index is 12.9. The minimum absolute atomic E-state index is 0.259. The minimum atomic E-state index is 0.259. The molecule has 0 aromatic carbocycles. The molecule has 1 aliphatic heterocycles. The summed E-state index contributed by atoms with van der Waals surface area (Å²) in [7, 11) is 0. The van der Waals surface area contributed by atoms with Crippen molar-refractivity contribution in [1.82, 2.24) is 19.8 Å². The van der Waals surface area contributed by atoms with Gasteiger partial charge < -0.3 is 14.8 Å². The highest BCUT2D eigenvalue weighted by Gasteiger charge is 2.30. The fraction of sp³-hybridized carbons (Fsp3) is 0.765. The number of hydrogen-bond acceptors (Lipinski definition) is 2. The second kappa shape index (κ2) is 7.16. The number of aromatic nitrogens is 2. The SMILES string of the molecule is CCN(C(=O)N1CCC(c2c[nH]cn2)CC1)C1CCCCC1. The van der Waals surface area contributed by atoms with Crippen LogP contribution in [0.15, 0.2) is 12.5 Å². The lowest BCUT2D eigenvalue weighted by atomic mass is 9.93. The van der Waals surface area contributed by atoms with Crippen LogP contribution in [0.5, 0.6) is 0 Å². The van der Waals surface area contributed by atoms with E-state index >= 15 is 0 Å². The van der Waals surface area contributed by atoms with Crippen molar-refractivity contribution in [2.75, 3.05) is 19.6 Å². The molecule has 1 saturated carbocycles. The number of aromatic amines is 1. The summed E-state index contributed by atoms with van der Waals surface area (Å²) in [5, 5.41) is 0. The molecule has 0 spiro atoms. The second-order valence-electron chi connectivity index (χ2n) is 6.62. The lowest BCUT2D eigenvalue weighted by molar-refractivity contribution is 0.113. The number of H-pyrrole nitrogens is 1. The van der Waals surface area contributed by atoms with Gasteiger partial charge in [-0.15, -0.1) is 0 Å². The lowest BCUT2D eigenvalue weighted by Gasteiger charge is -2.39. The van der Waals surface area contributed by atoms with Gasteiger partial charge in [-0.05, 0) is 32.6 Å². The molecule has 122 valence electrons. The molecule has 2 heterocycles.